The number of rotatable bonds is 5. The zero-order chi connectivity index (χ0) is 14.0. The predicted molar refractivity (Wildman–Crippen MR) is 67.4 cm³/mol. The molecule has 0 radical (unpaired) electrons. The van der Waals surface area contributed by atoms with Gasteiger partial charge in [-0.15, -0.1) is 0 Å². The van der Waals surface area contributed by atoms with Crippen molar-refractivity contribution in [3.05, 3.63) is 39.7 Å². The van der Waals surface area contributed by atoms with Gasteiger partial charge in [-0.25, -0.2) is 4.39 Å². The van der Waals surface area contributed by atoms with Gasteiger partial charge in [-0.2, -0.15) is 0 Å². The Balaban J connectivity index is 2.29. The van der Waals surface area contributed by atoms with Crippen molar-refractivity contribution in [3.63, 3.8) is 0 Å². The third-order valence-electron chi connectivity index (χ3n) is 3.23. The van der Waals surface area contributed by atoms with Gasteiger partial charge in [0, 0.05) is 19.2 Å². The van der Waals surface area contributed by atoms with Gasteiger partial charge >= 0.3 is 0 Å². The number of nitrogens with zero attached hydrogens (tertiary/aromatic N) is 2. The monoisotopic (exact) mass is 266 g/mol. The Kier molecular flexibility index (Phi) is 3.78. The number of hydrogen-bond donors (Lipinski definition) is 0. The maximum Gasteiger partial charge on any atom is 0.282 e. The van der Waals surface area contributed by atoms with Crippen molar-refractivity contribution < 1.29 is 14.1 Å². The van der Waals surface area contributed by atoms with Gasteiger partial charge in [0.25, 0.3) is 11.6 Å². The van der Waals surface area contributed by atoms with E-state index in [1.165, 1.54) is 0 Å². The second-order valence-electron chi connectivity index (χ2n) is 4.71. The Morgan fingerprint density at radius 1 is 1.53 bits per heavy atom. The van der Waals surface area contributed by atoms with Gasteiger partial charge in [0.05, 0.1) is 4.92 Å². The summed E-state index contributed by atoms with van der Waals surface area (Å²) >= 11 is 0. The molecule has 0 N–H and O–H groups in total. The molecule has 1 aliphatic rings. The first-order chi connectivity index (χ1) is 9.02. The average Bonchev–Trinajstić information content (AvgIpc) is 3.18. The third-order valence-corrected chi connectivity index (χ3v) is 3.23. The van der Waals surface area contributed by atoms with Crippen LogP contribution in [-0.4, -0.2) is 28.8 Å². The average molecular weight is 266 g/mol. The second kappa shape index (κ2) is 5.34. The minimum atomic E-state index is -0.655. The molecule has 0 spiro atoms. The van der Waals surface area contributed by atoms with E-state index >= 15 is 0 Å². The molecule has 6 heteroatoms. The number of benzene rings is 1. The van der Waals surface area contributed by atoms with Gasteiger partial charge in [-0.05, 0) is 37.8 Å². The van der Waals surface area contributed by atoms with E-state index in [-0.39, 0.29) is 11.3 Å². The smallest absolute Gasteiger partial charge is 0.282 e. The lowest BCUT2D eigenvalue weighted by Gasteiger charge is -2.20. The minimum Gasteiger partial charge on any atom is -0.338 e. The molecule has 1 saturated carbocycles. The number of halogens is 1. The lowest BCUT2D eigenvalue weighted by atomic mass is 10.1. The molecule has 5 nitrogen and oxygen atoms in total. The van der Waals surface area contributed by atoms with E-state index in [9.17, 15) is 19.3 Å². The first kappa shape index (κ1) is 13.5. The van der Waals surface area contributed by atoms with Crippen LogP contribution in [0.3, 0.4) is 0 Å². The predicted octanol–water partition coefficient (Wildman–Crippen LogP) is 2.61. The summed E-state index contributed by atoms with van der Waals surface area (Å²) < 4.78 is 13.2. The first-order valence-electron chi connectivity index (χ1n) is 6.26. The Labute approximate surface area is 110 Å². The number of carbonyl (C=O) groups is 1. The van der Waals surface area contributed by atoms with Crippen molar-refractivity contribution in [3.8, 4) is 0 Å². The van der Waals surface area contributed by atoms with E-state index in [2.05, 4.69) is 0 Å². The van der Waals surface area contributed by atoms with E-state index in [1.807, 2.05) is 6.92 Å². The number of carbonyl (C=O) groups excluding carboxylic acids is 1. The normalized spacial score (nSPS) is 14.2. The maximum absolute atomic E-state index is 13.2. The third kappa shape index (κ3) is 3.07. The molecule has 102 valence electrons. The summed E-state index contributed by atoms with van der Waals surface area (Å²) in [7, 11) is 0. The van der Waals surface area contributed by atoms with Crippen LogP contribution in [0.2, 0.25) is 0 Å². The number of nitro benzene ring substituents is 1. The minimum absolute atomic E-state index is 0.174. The summed E-state index contributed by atoms with van der Waals surface area (Å²) in [5.41, 5.74) is -0.520. The van der Waals surface area contributed by atoms with E-state index < -0.39 is 16.6 Å². The molecule has 0 unspecified atom stereocenters. The highest BCUT2D eigenvalue weighted by Crippen LogP contribution is 2.30. The first-order valence-corrected chi connectivity index (χ1v) is 6.26. The number of hydrogen-bond acceptors (Lipinski definition) is 3. The molecule has 0 atom stereocenters. The summed E-state index contributed by atoms with van der Waals surface area (Å²) in [5, 5.41) is 10.9. The van der Waals surface area contributed by atoms with Crippen LogP contribution in [0.5, 0.6) is 0 Å². The molecule has 0 heterocycles. The zero-order valence-electron chi connectivity index (χ0n) is 10.6. The van der Waals surface area contributed by atoms with Gasteiger partial charge < -0.3 is 4.90 Å². The van der Waals surface area contributed by atoms with Gasteiger partial charge in [0.15, 0.2) is 0 Å². The fraction of sp³-hybridized carbons (Fsp3) is 0.462. The molecule has 0 bridgehead atoms. The number of amides is 1. The van der Waals surface area contributed by atoms with Crippen LogP contribution in [0.25, 0.3) is 0 Å². The van der Waals surface area contributed by atoms with E-state index in [1.54, 1.807) is 4.90 Å². The van der Waals surface area contributed by atoms with E-state index in [4.69, 9.17) is 0 Å². The van der Waals surface area contributed by atoms with E-state index in [0.29, 0.717) is 19.0 Å². The molecule has 0 aromatic heterocycles. The Morgan fingerprint density at radius 3 is 2.74 bits per heavy atom. The van der Waals surface area contributed by atoms with Crippen molar-refractivity contribution in [2.75, 3.05) is 13.1 Å². The molecular weight excluding hydrogens is 251 g/mol. The van der Waals surface area contributed by atoms with Crippen molar-refractivity contribution in [2.24, 2.45) is 5.92 Å². The highest BCUT2D eigenvalue weighted by Gasteiger charge is 2.29. The fourth-order valence-corrected chi connectivity index (χ4v) is 1.98. The van der Waals surface area contributed by atoms with Gasteiger partial charge in [-0.1, -0.05) is 0 Å². The highest BCUT2D eigenvalue weighted by molar-refractivity contribution is 5.98. The van der Waals surface area contributed by atoms with Crippen molar-refractivity contribution in [1.82, 2.24) is 4.90 Å². The fourth-order valence-electron chi connectivity index (χ4n) is 1.98. The lowest BCUT2D eigenvalue weighted by Crippen LogP contribution is -2.33. The molecule has 1 aromatic rings. The molecule has 1 amide bonds. The molecular formula is C13H15FN2O3. The van der Waals surface area contributed by atoms with Gasteiger partial charge in [-0.3, -0.25) is 14.9 Å². The molecule has 19 heavy (non-hydrogen) atoms. The lowest BCUT2D eigenvalue weighted by molar-refractivity contribution is -0.385. The van der Waals surface area contributed by atoms with Crippen molar-refractivity contribution in [1.29, 1.82) is 0 Å². The van der Waals surface area contributed by atoms with Crippen LogP contribution in [0.15, 0.2) is 18.2 Å². The summed E-state index contributed by atoms with van der Waals surface area (Å²) in [6.45, 7) is 2.86. The van der Waals surface area contributed by atoms with E-state index in [0.717, 1.165) is 31.0 Å². The Bertz CT molecular complexity index is 515. The van der Waals surface area contributed by atoms with Crippen LogP contribution in [0.4, 0.5) is 10.1 Å². The summed E-state index contributed by atoms with van der Waals surface area (Å²) in [5.74, 6) is -0.631. The SMILES string of the molecule is CCN(CC1CC1)C(=O)c1cc(F)ccc1[N+](=O)[O-]. The largest absolute Gasteiger partial charge is 0.338 e. The molecule has 1 fully saturated rings. The zero-order valence-corrected chi connectivity index (χ0v) is 10.6. The highest BCUT2D eigenvalue weighted by atomic mass is 19.1. The molecule has 0 aliphatic heterocycles. The van der Waals surface area contributed by atoms with Crippen LogP contribution < -0.4 is 0 Å². The quantitative estimate of drug-likeness (QED) is 0.608. The van der Waals surface area contributed by atoms with Gasteiger partial charge in [0.1, 0.15) is 11.4 Å². The molecule has 1 aliphatic carbocycles. The molecule has 1 aromatic carbocycles. The second-order valence-corrected chi connectivity index (χ2v) is 4.71. The van der Waals surface area contributed by atoms with Crippen LogP contribution in [0, 0.1) is 21.8 Å². The summed E-state index contributed by atoms with van der Waals surface area (Å²) in [4.78, 5) is 24.1. The molecule has 2 rings (SSSR count). The topological polar surface area (TPSA) is 63.5 Å². The maximum atomic E-state index is 13.2. The summed E-state index contributed by atoms with van der Waals surface area (Å²) in [6.07, 6.45) is 2.16. The summed E-state index contributed by atoms with van der Waals surface area (Å²) in [6, 6.07) is 2.97. The number of nitro groups is 1. The van der Waals surface area contributed by atoms with Crippen molar-refractivity contribution in [2.45, 2.75) is 19.8 Å². The van der Waals surface area contributed by atoms with Crippen molar-refractivity contribution >= 4 is 11.6 Å². The van der Waals surface area contributed by atoms with Gasteiger partial charge in [0.2, 0.25) is 0 Å². The standard InChI is InChI=1S/C13H15FN2O3/c1-2-15(8-9-3-4-9)13(17)11-7-10(14)5-6-12(11)16(18)19/h5-7,9H,2-4,8H2,1H3. The van der Waals surface area contributed by atoms with Crippen LogP contribution in [-0.2, 0) is 0 Å². The Hall–Kier alpha value is -1.98. The Morgan fingerprint density at radius 2 is 2.21 bits per heavy atom. The molecule has 0 saturated heterocycles. The van der Waals surface area contributed by atoms with Crippen LogP contribution >= 0.6 is 0 Å². The van der Waals surface area contributed by atoms with Crippen LogP contribution in [0.1, 0.15) is 30.1 Å².